The molecule has 4 nitrogen and oxygen atoms in total. The van der Waals surface area contributed by atoms with Crippen molar-refractivity contribution >= 4 is 11.8 Å². The quantitative estimate of drug-likeness (QED) is 0.628. The molecule has 66 valence electrons. The summed E-state index contributed by atoms with van der Waals surface area (Å²) in [6, 6.07) is -1.04. The molecule has 0 radical (unpaired) electrons. The van der Waals surface area contributed by atoms with Crippen molar-refractivity contribution in [1.29, 1.82) is 0 Å². The lowest BCUT2D eigenvalue weighted by molar-refractivity contribution is -0.140. The summed E-state index contributed by atoms with van der Waals surface area (Å²) in [6.45, 7) is 5.31. The summed E-state index contributed by atoms with van der Waals surface area (Å²) < 4.78 is 0. The average Bonchev–Trinajstić information content (AvgIpc) is 1.90. The van der Waals surface area contributed by atoms with E-state index in [0.717, 1.165) is 0 Å². The van der Waals surface area contributed by atoms with E-state index in [4.69, 9.17) is 10.8 Å². The van der Waals surface area contributed by atoms with E-state index in [2.05, 4.69) is 0 Å². The Morgan fingerprint density at radius 1 is 1.45 bits per heavy atom. The molecule has 0 bridgehead atoms. The van der Waals surface area contributed by atoms with E-state index >= 15 is 0 Å². The summed E-state index contributed by atoms with van der Waals surface area (Å²) in [4.78, 5) is 20.2. The largest absolute Gasteiger partial charge is 0.480 e. The molecular formula is C7H15NO3. The van der Waals surface area contributed by atoms with Crippen molar-refractivity contribution in [2.75, 3.05) is 0 Å². The molecule has 0 heterocycles. The molecule has 0 aliphatic rings. The molecule has 0 aliphatic heterocycles. The van der Waals surface area contributed by atoms with Gasteiger partial charge in [-0.05, 0) is 6.92 Å². The van der Waals surface area contributed by atoms with Crippen molar-refractivity contribution in [1.82, 2.24) is 0 Å². The third kappa shape index (κ3) is 9.10. The summed E-state index contributed by atoms with van der Waals surface area (Å²) in [6.07, 6.45) is -0.0880. The number of carbonyl (C=O) groups is 2. The molecule has 0 rings (SSSR count). The Morgan fingerprint density at radius 2 is 1.82 bits per heavy atom. The summed E-state index contributed by atoms with van der Waals surface area (Å²) in [5.74, 6) is -1.34. The fraction of sp³-hybridized carbons (Fsp3) is 0.714. The second-order valence-corrected chi connectivity index (χ2v) is 1.85. The predicted molar refractivity (Wildman–Crippen MR) is 42.3 cm³/mol. The lowest BCUT2D eigenvalue weighted by Crippen LogP contribution is -2.31. The Labute approximate surface area is 66.4 Å². The molecule has 0 amide bonds. The number of hydrogen-bond acceptors (Lipinski definition) is 3. The van der Waals surface area contributed by atoms with Gasteiger partial charge < -0.3 is 10.8 Å². The Bertz CT molecular complexity index is 134. The van der Waals surface area contributed by atoms with E-state index in [1.165, 1.54) is 6.92 Å². The zero-order chi connectivity index (χ0) is 9.44. The van der Waals surface area contributed by atoms with Crippen molar-refractivity contribution in [3.05, 3.63) is 0 Å². The molecule has 0 saturated carbocycles. The Kier molecular flexibility index (Phi) is 8.36. The number of carbonyl (C=O) groups excluding carboxylic acids is 1. The third-order valence-corrected chi connectivity index (χ3v) is 0.825. The van der Waals surface area contributed by atoms with Crippen molar-refractivity contribution < 1.29 is 14.7 Å². The molecule has 0 aromatic rings. The molecule has 11 heavy (non-hydrogen) atoms. The van der Waals surface area contributed by atoms with Gasteiger partial charge >= 0.3 is 5.97 Å². The van der Waals surface area contributed by atoms with E-state index in [1.54, 1.807) is 0 Å². The second kappa shape index (κ2) is 7.21. The van der Waals surface area contributed by atoms with Gasteiger partial charge in [0, 0.05) is 6.42 Å². The van der Waals surface area contributed by atoms with Gasteiger partial charge in [0.1, 0.15) is 11.8 Å². The molecule has 0 aromatic heterocycles. The molecule has 3 N–H and O–H groups in total. The molecule has 4 heteroatoms. The van der Waals surface area contributed by atoms with Crippen LogP contribution < -0.4 is 5.73 Å². The van der Waals surface area contributed by atoms with Gasteiger partial charge in [-0.3, -0.25) is 9.59 Å². The van der Waals surface area contributed by atoms with Crippen LogP contribution in [-0.4, -0.2) is 22.9 Å². The van der Waals surface area contributed by atoms with Crippen molar-refractivity contribution in [2.24, 2.45) is 5.73 Å². The van der Waals surface area contributed by atoms with Crippen LogP contribution in [0.3, 0.4) is 0 Å². The van der Waals surface area contributed by atoms with E-state index in [0.29, 0.717) is 0 Å². The van der Waals surface area contributed by atoms with Gasteiger partial charge in [-0.25, -0.2) is 0 Å². The minimum atomic E-state index is -1.13. The minimum absolute atomic E-state index is 0.0880. The summed E-state index contributed by atoms with van der Waals surface area (Å²) in [5.41, 5.74) is 5.00. The van der Waals surface area contributed by atoms with Crippen LogP contribution in [-0.2, 0) is 9.59 Å². The monoisotopic (exact) mass is 161 g/mol. The molecule has 0 spiro atoms. The SMILES string of the molecule is CC.CC(=O)C[C@H](N)C(=O)O. The molecule has 0 fully saturated rings. The van der Waals surface area contributed by atoms with Crippen molar-refractivity contribution in [3.8, 4) is 0 Å². The number of hydrogen-bond donors (Lipinski definition) is 2. The summed E-state index contributed by atoms with van der Waals surface area (Å²) >= 11 is 0. The number of carboxylic acids is 1. The van der Waals surface area contributed by atoms with Gasteiger partial charge in [0.2, 0.25) is 0 Å². The first-order valence-corrected chi connectivity index (χ1v) is 3.52. The maximum Gasteiger partial charge on any atom is 0.320 e. The van der Waals surface area contributed by atoms with E-state index < -0.39 is 12.0 Å². The highest BCUT2D eigenvalue weighted by Gasteiger charge is 2.12. The van der Waals surface area contributed by atoms with Crippen LogP contribution in [0, 0.1) is 0 Å². The number of carboxylic acid groups (broad SMARTS) is 1. The number of ketones is 1. The fourth-order valence-corrected chi connectivity index (χ4v) is 0.397. The fourth-order valence-electron chi connectivity index (χ4n) is 0.397. The first-order chi connectivity index (χ1) is 5.04. The lowest BCUT2D eigenvalue weighted by atomic mass is 10.2. The zero-order valence-corrected chi connectivity index (χ0v) is 7.13. The van der Waals surface area contributed by atoms with Crippen LogP contribution >= 0.6 is 0 Å². The van der Waals surface area contributed by atoms with E-state index in [9.17, 15) is 9.59 Å². The highest BCUT2D eigenvalue weighted by atomic mass is 16.4. The van der Waals surface area contributed by atoms with E-state index in [-0.39, 0.29) is 12.2 Å². The first-order valence-electron chi connectivity index (χ1n) is 3.52. The first kappa shape index (κ1) is 12.7. The number of rotatable bonds is 3. The number of Topliss-reactive ketones (excluding diaryl/α,β-unsaturated/α-hetero) is 1. The van der Waals surface area contributed by atoms with Gasteiger partial charge in [0.25, 0.3) is 0 Å². The maximum absolute atomic E-state index is 10.2. The van der Waals surface area contributed by atoms with Crippen LogP contribution in [0.4, 0.5) is 0 Å². The summed E-state index contributed by atoms with van der Waals surface area (Å²) in [7, 11) is 0. The highest BCUT2D eigenvalue weighted by molar-refractivity contribution is 5.83. The molecular weight excluding hydrogens is 146 g/mol. The van der Waals surface area contributed by atoms with Gasteiger partial charge in [-0.15, -0.1) is 0 Å². The lowest BCUT2D eigenvalue weighted by Gasteiger charge is -2.00. The maximum atomic E-state index is 10.2. The van der Waals surface area contributed by atoms with Crippen LogP contribution in [0.15, 0.2) is 0 Å². The van der Waals surface area contributed by atoms with Gasteiger partial charge in [-0.2, -0.15) is 0 Å². The topological polar surface area (TPSA) is 80.4 Å². The average molecular weight is 161 g/mol. The van der Waals surface area contributed by atoms with Crippen molar-refractivity contribution in [3.63, 3.8) is 0 Å². The molecule has 0 aromatic carbocycles. The minimum Gasteiger partial charge on any atom is -0.480 e. The molecule has 0 aliphatic carbocycles. The predicted octanol–water partition coefficient (Wildman–Crippen LogP) is 0.404. The normalized spacial score (nSPS) is 10.9. The number of aliphatic carboxylic acids is 1. The second-order valence-electron chi connectivity index (χ2n) is 1.85. The van der Waals surface area contributed by atoms with Crippen LogP contribution in [0.1, 0.15) is 27.2 Å². The summed E-state index contributed by atoms with van der Waals surface area (Å²) in [5, 5.41) is 8.15. The van der Waals surface area contributed by atoms with Crippen LogP contribution in [0.25, 0.3) is 0 Å². The Morgan fingerprint density at radius 3 is 1.91 bits per heavy atom. The van der Waals surface area contributed by atoms with Crippen LogP contribution in [0.5, 0.6) is 0 Å². The smallest absolute Gasteiger partial charge is 0.320 e. The van der Waals surface area contributed by atoms with Gasteiger partial charge in [0.15, 0.2) is 0 Å². The Hall–Kier alpha value is -0.900. The third-order valence-electron chi connectivity index (χ3n) is 0.825. The molecule has 0 saturated heterocycles. The molecule has 0 unspecified atom stereocenters. The van der Waals surface area contributed by atoms with Gasteiger partial charge in [-0.1, -0.05) is 13.8 Å². The molecule has 1 atom stereocenters. The van der Waals surface area contributed by atoms with E-state index in [1.807, 2.05) is 13.8 Å². The zero-order valence-electron chi connectivity index (χ0n) is 7.13. The number of nitrogens with two attached hydrogens (primary N) is 1. The Balaban J connectivity index is 0. The standard InChI is InChI=1S/C5H9NO3.C2H6/c1-3(7)2-4(6)5(8)9;1-2/h4H,2,6H2,1H3,(H,8,9);1-2H3/t4-;/m0./s1. The van der Waals surface area contributed by atoms with Crippen molar-refractivity contribution in [2.45, 2.75) is 33.2 Å². The van der Waals surface area contributed by atoms with Gasteiger partial charge in [0.05, 0.1) is 0 Å². The van der Waals surface area contributed by atoms with Crippen LogP contribution in [0.2, 0.25) is 0 Å². The highest BCUT2D eigenvalue weighted by Crippen LogP contribution is 1.87.